The van der Waals surface area contributed by atoms with Crippen molar-refractivity contribution in [3.63, 3.8) is 0 Å². The van der Waals surface area contributed by atoms with E-state index in [-0.39, 0.29) is 23.5 Å². The van der Waals surface area contributed by atoms with Crippen LogP contribution in [0.25, 0.3) is 11.2 Å². The number of aliphatic hydroxyl groups excluding tert-OH is 3. The molecule has 42 heavy (non-hydrogen) atoms. The Morgan fingerprint density at radius 3 is 2.29 bits per heavy atom. The number of rotatable bonds is 10. The normalized spacial score (nSPS) is 34.4. The van der Waals surface area contributed by atoms with E-state index in [1.807, 2.05) is 0 Å². The Morgan fingerprint density at radius 1 is 0.976 bits per heavy atom. The van der Waals surface area contributed by atoms with Gasteiger partial charge in [-0.3, -0.25) is 13.6 Å². The summed E-state index contributed by atoms with van der Waals surface area (Å²) in [6.07, 6.45) is -4.70. The lowest BCUT2D eigenvalue weighted by atomic mass is 10.1. The van der Waals surface area contributed by atoms with Gasteiger partial charge < -0.3 is 56.1 Å². The van der Waals surface area contributed by atoms with Crippen LogP contribution < -0.4 is 16.6 Å². The molecular formula is C20H28N7O13P2-. The van der Waals surface area contributed by atoms with Gasteiger partial charge in [0.2, 0.25) is 0 Å². The number of fused-ring (bicyclic) bond motifs is 1. The molecule has 0 aliphatic carbocycles. The lowest BCUT2D eigenvalue weighted by molar-refractivity contribution is -0.447. The maximum absolute atomic E-state index is 12.5. The van der Waals surface area contributed by atoms with Crippen molar-refractivity contribution in [2.75, 3.05) is 25.5 Å². The summed E-state index contributed by atoms with van der Waals surface area (Å²) in [6, 6.07) is 0. The molecule has 0 aromatic carbocycles. The average Bonchev–Trinajstić information content (AvgIpc) is 3.56. The van der Waals surface area contributed by atoms with E-state index < -0.39 is 77.9 Å². The van der Waals surface area contributed by atoms with E-state index in [9.17, 15) is 39.3 Å². The summed E-state index contributed by atoms with van der Waals surface area (Å²) in [5.74, 6) is 0.0594. The Balaban J connectivity index is 1.14. The van der Waals surface area contributed by atoms with Crippen molar-refractivity contribution in [2.45, 2.75) is 49.1 Å². The number of nitrogens with two attached hydrogens (primary N) is 2. The van der Waals surface area contributed by atoms with Crippen molar-refractivity contribution in [2.24, 2.45) is 5.73 Å². The molecule has 0 amide bonds. The zero-order valence-electron chi connectivity index (χ0n) is 21.4. The number of ether oxygens (including phenoxy) is 2. The van der Waals surface area contributed by atoms with Gasteiger partial charge in [-0.05, 0) is 6.08 Å². The lowest BCUT2D eigenvalue weighted by Gasteiger charge is -2.35. The summed E-state index contributed by atoms with van der Waals surface area (Å²) in [4.78, 5) is 33.3. The van der Waals surface area contributed by atoms with Crippen molar-refractivity contribution in [1.82, 2.24) is 24.4 Å². The van der Waals surface area contributed by atoms with Gasteiger partial charge in [0.15, 0.2) is 17.7 Å². The molecule has 3 aliphatic heterocycles. The minimum Gasteiger partial charge on any atom is -0.847 e. The molecule has 5 heterocycles. The fraction of sp³-hybridized carbons (Fsp3) is 0.550. The SMILES string of the molecule is NC1=CN([C@@H]2O[C@H](COP(=O)(O)OP(=O)(O)OC[C@H]3O[C@@H](n4cnc5c(N)ncnc54)[C@H](O)[C@H]3O)[C@H](O)[C@H]2[O-])CC=C1. The van der Waals surface area contributed by atoms with Crippen LogP contribution in [-0.4, -0.2) is 112 Å². The molecule has 3 aliphatic rings. The summed E-state index contributed by atoms with van der Waals surface area (Å²) in [7, 11) is -10.7. The molecule has 0 radical (unpaired) electrons. The van der Waals surface area contributed by atoms with Crippen LogP contribution in [-0.2, 0) is 32.0 Å². The Hall–Kier alpha value is -2.55. The van der Waals surface area contributed by atoms with Crippen LogP contribution in [0.2, 0.25) is 0 Å². The predicted molar refractivity (Wildman–Crippen MR) is 135 cm³/mol. The third-order valence-corrected chi connectivity index (χ3v) is 9.19. The highest BCUT2D eigenvalue weighted by molar-refractivity contribution is 7.61. The minimum atomic E-state index is -5.34. The number of anilines is 1. The summed E-state index contributed by atoms with van der Waals surface area (Å²) < 4.78 is 50.7. The average molecular weight is 636 g/mol. The topological polar surface area (TPSA) is 303 Å². The van der Waals surface area contributed by atoms with Gasteiger partial charge in [0, 0.05) is 18.4 Å². The molecular weight excluding hydrogens is 608 g/mol. The number of phosphoric ester groups is 2. The highest BCUT2D eigenvalue weighted by atomic mass is 31.3. The molecule has 2 unspecified atom stereocenters. The van der Waals surface area contributed by atoms with Gasteiger partial charge in [-0.1, -0.05) is 12.2 Å². The van der Waals surface area contributed by atoms with Crippen LogP contribution in [0.1, 0.15) is 6.23 Å². The quantitative estimate of drug-likeness (QED) is 0.126. The van der Waals surface area contributed by atoms with E-state index in [1.165, 1.54) is 22.0 Å². The first-order chi connectivity index (χ1) is 19.8. The van der Waals surface area contributed by atoms with E-state index in [4.69, 9.17) is 25.5 Å². The second-order valence-corrected chi connectivity index (χ2v) is 12.5. The number of aromatic nitrogens is 4. The first-order valence-corrected chi connectivity index (χ1v) is 15.2. The van der Waals surface area contributed by atoms with Crippen LogP contribution in [0.4, 0.5) is 5.82 Å². The number of imidazole rings is 1. The third-order valence-electron chi connectivity index (χ3n) is 6.59. The molecule has 0 spiro atoms. The number of hydrogen-bond acceptors (Lipinski definition) is 17. The second-order valence-electron chi connectivity index (χ2n) is 9.49. The number of allylic oxidation sites excluding steroid dienone is 1. The number of aliphatic hydroxyl groups is 3. The minimum absolute atomic E-state index is 0.0594. The molecule has 22 heteroatoms. The summed E-state index contributed by atoms with van der Waals surface area (Å²) in [6.45, 7) is -1.48. The van der Waals surface area contributed by atoms with Crippen LogP contribution in [0.5, 0.6) is 0 Å². The Kier molecular flexibility index (Phi) is 8.72. The molecule has 5 rings (SSSR count). The van der Waals surface area contributed by atoms with Crippen molar-refractivity contribution in [3.8, 4) is 0 Å². The van der Waals surface area contributed by atoms with Crippen molar-refractivity contribution < 1.29 is 62.2 Å². The van der Waals surface area contributed by atoms with Gasteiger partial charge in [-0.2, -0.15) is 4.31 Å². The van der Waals surface area contributed by atoms with Gasteiger partial charge in [0.05, 0.1) is 25.6 Å². The largest absolute Gasteiger partial charge is 0.847 e. The van der Waals surface area contributed by atoms with E-state index >= 15 is 0 Å². The molecule has 10 atom stereocenters. The first-order valence-electron chi connectivity index (χ1n) is 12.3. The van der Waals surface area contributed by atoms with Crippen LogP contribution >= 0.6 is 15.6 Å². The van der Waals surface area contributed by atoms with Gasteiger partial charge in [-0.25, -0.2) is 24.1 Å². The number of nitrogens with zero attached hydrogens (tertiary/aromatic N) is 5. The van der Waals surface area contributed by atoms with Crippen molar-refractivity contribution >= 4 is 32.6 Å². The lowest BCUT2D eigenvalue weighted by Crippen LogP contribution is -2.50. The molecule has 2 aromatic heterocycles. The zero-order valence-corrected chi connectivity index (χ0v) is 23.2. The summed E-state index contributed by atoms with van der Waals surface area (Å²) >= 11 is 0. The molecule has 2 fully saturated rings. The van der Waals surface area contributed by atoms with Gasteiger partial charge in [0.25, 0.3) is 0 Å². The smallest absolute Gasteiger partial charge is 0.481 e. The third kappa shape index (κ3) is 6.36. The maximum atomic E-state index is 12.5. The predicted octanol–water partition coefficient (Wildman–Crippen LogP) is -3.24. The van der Waals surface area contributed by atoms with Crippen molar-refractivity contribution in [1.29, 1.82) is 0 Å². The monoisotopic (exact) mass is 636 g/mol. The number of nitrogen functional groups attached to an aromatic ring is 1. The second kappa shape index (κ2) is 11.9. The maximum Gasteiger partial charge on any atom is 0.481 e. The highest BCUT2D eigenvalue weighted by Crippen LogP contribution is 2.60. The van der Waals surface area contributed by atoms with Crippen molar-refractivity contribution in [3.05, 3.63) is 36.7 Å². The molecule has 0 bridgehead atoms. The van der Waals surface area contributed by atoms with E-state index in [1.54, 1.807) is 12.2 Å². The molecule has 9 N–H and O–H groups in total. The van der Waals surface area contributed by atoms with Gasteiger partial charge in [-0.15, -0.1) is 0 Å². The number of hydrogen-bond donors (Lipinski definition) is 7. The standard InChI is InChI=1S/C20H28N7O13P2/c21-9-2-1-3-26(4-9)19-15(30)13(28)10(38-19)5-36-41(32,33)40-42(34,35)37-6-11-14(29)16(31)20(39-11)27-8-25-12-17(22)23-7-24-18(12)27/h1-2,4,7-8,10-11,13-16,19-20,28-29,31H,3,5-6,21H2,(H,32,33)(H,34,35)(H2,22,23,24)/q-1/t10-,11-,13+,14+,15-,16-,19-,20-/m1/s1. The summed E-state index contributed by atoms with van der Waals surface area (Å²) in [5, 5.41) is 43.6. The molecule has 20 nitrogen and oxygen atoms in total. The van der Waals surface area contributed by atoms with E-state index in [0.29, 0.717) is 5.70 Å². The molecule has 2 saturated heterocycles. The Labute approximate surface area is 236 Å². The van der Waals surface area contributed by atoms with E-state index in [2.05, 4.69) is 23.8 Å². The van der Waals surface area contributed by atoms with Gasteiger partial charge >= 0.3 is 15.6 Å². The Bertz CT molecular complexity index is 1460. The van der Waals surface area contributed by atoms with Crippen LogP contribution in [0.15, 0.2) is 36.7 Å². The zero-order chi connectivity index (χ0) is 30.4. The molecule has 0 saturated carbocycles. The summed E-state index contributed by atoms with van der Waals surface area (Å²) in [5.41, 5.74) is 12.2. The molecule has 232 valence electrons. The van der Waals surface area contributed by atoms with Gasteiger partial charge in [0.1, 0.15) is 42.5 Å². The van der Waals surface area contributed by atoms with E-state index in [0.717, 1.165) is 6.33 Å². The Morgan fingerprint density at radius 2 is 1.62 bits per heavy atom. The fourth-order valence-corrected chi connectivity index (χ4v) is 6.65. The fourth-order valence-electron chi connectivity index (χ4n) is 4.56. The molecule has 2 aromatic rings. The van der Waals surface area contributed by atoms with Crippen LogP contribution in [0.3, 0.4) is 0 Å². The van der Waals surface area contributed by atoms with Crippen LogP contribution in [0, 0.1) is 0 Å². The highest BCUT2D eigenvalue weighted by Gasteiger charge is 2.47. The number of phosphoric acid groups is 2. The first kappa shape index (κ1) is 30.9.